The van der Waals surface area contributed by atoms with E-state index in [0.29, 0.717) is 0 Å². The van der Waals surface area contributed by atoms with E-state index in [-0.39, 0.29) is 0 Å². The zero-order valence-electron chi connectivity index (χ0n) is 8.79. The van der Waals surface area contributed by atoms with Gasteiger partial charge in [-0.2, -0.15) is 0 Å². The molecule has 0 aliphatic rings. The second kappa shape index (κ2) is 5.98. The molecule has 0 bridgehead atoms. The summed E-state index contributed by atoms with van der Waals surface area (Å²) in [5.41, 5.74) is 0. The molecule has 0 aromatic heterocycles. The van der Waals surface area contributed by atoms with E-state index >= 15 is 0 Å². The fourth-order valence-corrected chi connectivity index (χ4v) is 4.66. The summed E-state index contributed by atoms with van der Waals surface area (Å²) in [5, 5.41) is 1.65. The van der Waals surface area contributed by atoms with Gasteiger partial charge in [0.1, 0.15) is 0 Å². The van der Waals surface area contributed by atoms with Crippen LogP contribution in [0.3, 0.4) is 0 Å². The number of unbranched alkanes of at least 4 members (excludes halogenated alkanes) is 1. The molecule has 1 heteroatoms. The third-order valence-corrected chi connectivity index (χ3v) is 6.09. The van der Waals surface area contributed by atoms with Gasteiger partial charge in [0.2, 0.25) is 0 Å². The summed E-state index contributed by atoms with van der Waals surface area (Å²) in [7, 11) is -0.589. The van der Waals surface area contributed by atoms with Gasteiger partial charge in [-0.25, -0.2) is 0 Å². The molecule has 0 radical (unpaired) electrons. The summed E-state index contributed by atoms with van der Waals surface area (Å²) < 4.78 is 0. The van der Waals surface area contributed by atoms with Crippen molar-refractivity contribution < 1.29 is 0 Å². The van der Waals surface area contributed by atoms with E-state index in [1.807, 2.05) is 0 Å². The predicted octanol–water partition coefficient (Wildman–Crippen LogP) is 2.94. The Labute approximate surface area is 83.6 Å². The Morgan fingerprint density at radius 2 is 1.77 bits per heavy atom. The Morgan fingerprint density at radius 1 is 1.08 bits per heavy atom. The minimum atomic E-state index is -0.589. The first-order valence-electron chi connectivity index (χ1n) is 5.43. The highest BCUT2D eigenvalue weighted by molar-refractivity contribution is 6.73. The molecule has 1 rings (SSSR count). The second-order valence-corrected chi connectivity index (χ2v) is 7.11. The average Bonchev–Trinajstić information content (AvgIpc) is 2.21. The number of hydrogen-bond donors (Lipinski definition) is 0. The quantitative estimate of drug-likeness (QED) is 0.629. The fraction of sp³-hybridized carbons (Fsp3) is 0.500. The van der Waals surface area contributed by atoms with Gasteiger partial charge in [-0.3, -0.25) is 0 Å². The van der Waals surface area contributed by atoms with Gasteiger partial charge in [0.25, 0.3) is 0 Å². The average molecular weight is 192 g/mol. The van der Waals surface area contributed by atoms with Crippen LogP contribution in [-0.2, 0) is 0 Å². The lowest BCUT2D eigenvalue weighted by Gasteiger charge is -2.12. The van der Waals surface area contributed by atoms with E-state index < -0.39 is 8.80 Å². The molecule has 0 aliphatic carbocycles. The molecule has 72 valence electrons. The summed E-state index contributed by atoms with van der Waals surface area (Å²) in [6.45, 7) is 4.63. The maximum absolute atomic E-state index is 2.35. The zero-order valence-corrected chi connectivity index (χ0v) is 9.95. The highest BCUT2D eigenvalue weighted by Crippen LogP contribution is 2.05. The maximum atomic E-state index is 2.35. The van der Waals surface area contributed by atoms with E-state index in [4.69, 9.17) is 0 Å². The van der Waals surface area contributed by atoms with Crippen molar-refractivity contribution in [2.75, 3.05) is 0 Å². The summed E-state index contributed by atoms with van der Waals surface area (Å²) in [4.78, 5) is 0. The molecule has 0 aliphatic heterocycles. The largest absolute Gasteiger partial charge is 0.0705 e. The maximum Gasteiger partial charge on any atom is 0.0705 e. The minimum Gasteiger partial charge on any atom is -0.0677 e. The van der Waals surface area contributed by atoms with Gasteiger partial charge in [0.05, 0.1) is 8.80 Å². The summed E-state index contributed by atoms with van der Waals surface area (Å²) in [6.07, 6.45) is 2.76. The third-order valence-electron chi connectivity index (χ3n) is 2.67. The molecular weight excluding hydrogens is 172 g/mol. The molecule has 0 spiro atoms. The standard InChI is InChI=1S/C12H20Si/c1-3-5-11-13(4-2)12-9-7-6-8-10-12/h6-10,13H,3-5,11H2,1-2H3. The van der Waals surface area contributed by atoms with Crippen molar-refractivity contribution in [3.63, 3.8) is 0 Å². The Kier molecular flexibility index (Phi) is 4.84. The number of benzene rings is 1. The monoisotopic (exact) mass is 192 g/mol. The summed E-state index contributed by atoms with van der Waals surface area (Å²) in [6, 6.07) is 14.0. The van der Waals surface area contributed by atoms with Crippen LogP contribution in [0, 0.1) is 0 Å². The van der Waals surface area contributed by atoms with Crippen LogP contribution in [0.25, 0.3) is 0 Å². The van der Waals surface area contributed by atoms with Crippen LogP contribution in [-0.4, -0.2) is 8.80 Å². The normalized spacial score (nSPS) is 12.8. The lowest BCUT2D eigenvalue weighted by Crippen LogP contribution is -2.28. The van der Waals surface area contributed by atoms with Gasteiger partial charge in [0, 0.05) is 0 Å². The van der Waals surface area contributed by atoms with Crippen LogP contribution in [0.15, 0.2) is 30.3 Å². The first-order valence-corrected chi connectivity index (χ1v) is 7.64. The van der Waals surface area contributed by atoms with Gasteiger partial charge in [-0.1, -0.05) is 74.3 Å². The van der Waals surface area contributed by atoms with Crippen molar-refractivity contribution in [3.05, 3.63) is 30.3 Å². The van der Waals surface area contributed by atoms with Crippen LogP contribution in [0.4, 0.5) is 0 Å². The molecule has 1 aromatic carbocycles. The van der Waals surface area contributed by atoms with Crippen molar-refractivity contribution in [1.29, 1.82) is 0 Å². The van der Waals surface area contributed by atoms with Crippen LogP contribution < -0.4 is 5.19 Å². The lowest BCUT2D eigenvalue weighted by atomic mass is 10.4. The molecule has 0 heterocycles. The fourth-order valence-electron chi connectivity index (χ4n) is 1.78. The molecule has 13 heavy (non-hydrogen) atoms. The molecule has 1 unspecified atom stereocenters. The van der Waals surface area contributed by atoms with E-state index in [9.17, 15) is 0 Å². The molecule has 0 amide bonds. The minimum absolute atomic E-state index is 0.589. The molecule has 1 aromatic rings. The predicted molar refractivity (Wildman–Crippen MR) is 63.4 cm³/mol. The van der Waals surface area contributed by atoms with Crippen molar-refractivity contribution in [2.45, 2.75) is 38.8 Å². The van der Waals surface area contributed by atoms with E-state index in [0.717, 1.165) is 0 Å². The van der Waals surface area contributed by atoms with Gasteiger partial charge in [-0.05, 0) is 0 Å². The first-order chi connectivity index (χ1) is 6.38. The molecule has 0 N–H and O–H groups in total. The van der Waals surface area contributed by atoms with Crippen LogP contribution in [0.1, 0.15) is 26.7 Å². The SMILES string of the molecule is CCCC[SiH](CC)c1ccccc1. The van der Waals surface area contributed by atoms with E-state index in [1.54, 1.807) is 5.19 Å². The van der Waals surface area contributed by atoms with Crippen LogP contribution in [0.5, 0.6) is 0 Å². The lowest BCUT2D eigenvalue weighted by molar-refractivity contribution is 0.874. The number of hydrogen-bond acceptors (Lipinski definition) is 0. The van der Waals surface area contributed by atoms with Crippen molar-refractivity contribution in [2.24, 2.45) is 0 Å². The van der Waals surface area contributed by atoms with Crippen LogP contribution in [0.2, 0.25) is 12.1 Å². The summed E-state index contributed by atoms with van der Waals surface area (Å²) in [5.74, 6) is 0. The summed E-state index contributed by atoms with van der Waals surface area (Å²) >= 11 is 0. The highest BCUT2D eigenvalue weighted by atomic mass is 28.3. The van der Waals surface area contributed by atoms with Crippen molar-refractivity contribution in [1.82, 2.24) is 0 Å². The Bertz CT molecular complexity index is 218. The van der Waals surface area contributed by atoms with Gasteiger partial charge < -0.3 is 0 Å². The van der Waals surface area contributed by atoms with Gasteiger partial charge in [0.15, 0.2) is 0 Å². The van der Waals surface area contributed by atoms with Crippen molar-refractivity contribution in [3.8, 4) is 0 Å². The van der Waals surface area contributed by atoms with E-state index in [1.165, 1.54) is 24.9 Å². The smallest absolute Gasteiger partial charge is 0.0677 e. The molecule has 0 saturated carbocycles. The Morgan fingerprint density at radius 3 is 2.31 bits per heavy atom. The van der Waals surface area contributed by atoms with E-state index in [2.05, 4.69) is 44.2 Å². The molecular formula is C12H20Si. The zero-order chi connectivity index (χ0) is 9.52. The second-order valence-electron chi connectivity index (χ2n) is 3.66. The first kappa shape index (κ1) is 10.5. The molecule has 0 saturated heterocycles. The molecule has 1 atom stereocenters. The third kappa shape index (κ3) is 3.35. The van der Waals surface area contributed by atoms with Gasteiger partial charge in [-0.15, -0.1) is 0 Å². The Balaban J connectivity index is 2.56. The molecule has 0 nitrogen and oxygen atoms in total. The molecule has 0 fully saturated rings. The highest BCUT2D eigenvalue weighted by Gasteiger charge is 2.08. The van der Waals surface area contributed by atoms with Gasteiger partial charge >= 0.3 is 0 Å². The Hall–Kier alpha value is -0.563. The van der Waals surface area contributed by atoms with Crippen LogP contribution >= 0.6 is 0 Å². The topological polar surface area (TPSA) is 0 Å². The van der Waals surface area contributed by atoms with Crippen molar-refractivity contribution >= 4 is 14.0 Å². The number of rotatable bonds is 5.